The number of para-hydroxylation sites is 1. The number of phenols is 3. The van der Waals surface area contributed by atoms with Gasteiger partial charge in [-0.25, -0.2) is 0 Å². The van der Waals surface area contributed by atoms with E-state index in [-0.39, 0.29) is 86.2 Å². The Morgan fingerprint density at radius 1 is 0.431 bits per heavy atom. The van der Waals surface area contributed by atoms with Crippen LogP contribution in [-0.2, 0) is 101 Å². The van der Waals surface area contributed by atoms with Gasteiger partial charge >= 0.3 is 0 Å². The molecule has 2 heterocycles. The number of rotatable bonds is 19. The molecule has 0 saturated carbocycles. The number of likely N-dealkylation sites (N-methyl/N-ethyl adjacent to an activating group) is 1. The molecule has 0 spiro atoms. The number of hydrogen-bond donors (Lipinski definition) is 17. The van der Waals surface area contributed by atoms with Crippen LogP contribution < -0.4 is 64.2 Å². The number of nitrogens with zero attached hydrogens (tertiary/aromatic N) is 1. The lowest BCUT2D eigenvalue weighted by molar-refractivity contribution is -0.143. The molecule has 116 heavy (non-hydrogen) atoms. The number of nitrogens with two attached hydrogens (primary N) is 1. The van der Waals surface area contributed by atoms with E-state index >= 15 is 14.4 Å². The number of hydrogen-bond acceptors (Lipinski definition) is 18. The summed E-state index contributed by atoms with van der Waals surface area (Å²) in [6.07, 6.45) is 0.288. The molecule has 0 aliphatic carbocycles. The maximum atomic E-state index is 15.5. The second kappa shape index (κ2) is 43.2. The topological polar surface area (TPSA) is 480 Å². The number of phenolic OH excluding ortho intramolecular Hbond substituents is 3. The third kappa shape index (κ3) is 27.2. The van der Waals surface area contributed by atoms with Crippen molar-refractivity contribution in [3.05, 3.63) is 197 Å². The van der Waals surface area contributed by atoms with Crippen LogP contribution in [0.2, 0.25) is 0 Å². The maximum absolute atomic E-state index is 15.5. The van der Waals surface area contributed by atoms with Crippen LogP contribution >= 0.6 is 11.8 Å². The van der Waals surface area contributed by atoms with Crippen molar-refractivity contribution < 1.29 is 82.8 Å². The van der Waals surface area contributed by atoms with Crippen LogP contribution in [0.15, 0.2) is 164 Å². The number of aliphatic hydroxyl groups is 1. The highest BCUT2D eigenvalue weighted by molar-refractivity contribution is 8.00. The van der Waals surface area contributed by atoms with Gasteiger partial charge in [-0.1, -0.05) is 157 Å². The Labute approximate surface area is 676 Å². The molecule has 1 fully saturated rings. The summed E-state index contributed by atoms with van der Waals surface area (Å²) in [6.45, 7) is 8.37. The summed E-state index contributed by atoms with van der Waals surface area (Å²) in [6, 6.07) is 24.9. The van der Waals surface area contributed by atoms with Crippen molar-refractivity contribution in [2.24, 2.45) is 23.5 Å². The molecule has 0 unspecified atom stereocenters. The maximum Gasteiger partial charge on any atom is 0.245 e. The van der Waals surface area contributed by atoms with E-state index in [9.17, 15) is 68.4 Å². The molecular formula is C84H104N14O17S. The summed E-state index contributed by atoms with van der Waals surface area (Å²) >= 11 is 0.869. The average molecular weight is 1610 g/mol. The minimum atomic E-state index is -1.81. The Balaban J connectivity index is 1.17. The van der Waals surface area contributed by atoms with E-state index in [1.807, 2.05) is 0 Å². The number of thioether (sulfide) groups is 1. The molecule has 13 amide bonds. The first-order valence-electron chi connectivity index (χ1n) is 38.3. The number of nitrogens with one attached hydrogen (secondary N) is 12. The standard InChI is InChI=1S/C84H104N14O17S/c1-47(2)34-61-76(107)96-69(74(85)105)45-116-46-72(104)89-63(36-50-16-10-8-11-17-50)77(108)91-64(37-52-22-28-56(100)29-23-52)78(109)90-62(35-48(3)4)81(112)97-73(49(5)6)83(114)93-65(38-53-24-30-57(101)31-25-53)79(110)95-68(44-99)75(106)87-43-71(103)88-66(41-55-42-86-60-21-15-14-20-59(55)60)80(111)94-67(39-54-26-32-58(102)33-27-54)84(115)98(7)70(82(113)92-61)40-51-18-12-9-13-19-51/h8-33,42,47-49,61-70,73,86,99-102H,34-41,43-46H2,1-7H3,(H2,85,105)(H,87,106)(H,88,103)(H,89,104)(H,90,109)(H,91,108)(H,92,113)(H,93,114)(H,94,111)(H,95,110)(H,96,107)(H,97,112)/t61-,62-,63-,64-,65-,66-,67-,68-,69-,70-,73-/m0/s1. The number of amides is 13. The molecule has 31 nitrogen and oxygen atoms in total. The number of benzene rings is 6. The first-order chi connectivity index (χ1) is 55.3. The summed E-state index contributed by atoms with van der Waals surface area (Å²) in [5.41, 5.74) is 9.54. The van der Waals surface area contributed by atoms with Crippen LogP contribution in [-0.4, -0.2) is 205 Å². The van der Waals surface area contributed by atoms with E-state index in [1.54, 1.807) is 133 Å². The second-order valence-corrected chi connectivity index (χ2v) is 31.0. The predicted molar refractivity (Wildman–Crippen MR) is 434 cm³/mol. The Bertz CT molecular complexity index is 4550. The van der Waals surface area contributed by atoms with Gasteiger partial charge in [0.05, 0.1) is 18.9 Å². The number of aromatic nitrogens is 1. The number of H-pyrrole nitrogens is 1. The summed E-state index contributed by atoms with van der Waals surface area (Å²) < 4.78 is 0. The SMILES string of the molecule is CC(C)C[C@@H]1NC(=O)[C@H](Cc2ccc(O)cc2)NC(=O)[C@H](Cc2ccccc2)NC(=O)CSC[C@@H](C(N)=O)NC(=O)[C@H](CC(C)C)NC(=O)[C@H](Cc2ccccc2)N(C)C(=O)[C@H](Cc2ccc(O)cc2)NC(=O)[C@H](Cc2c[nH]c3ccccc23)NC(=O)CNC(=O)[C@H](CO)NC(=O)[C@H](Cc2ccc(O)cc2)NC(=O)[C@H](C(C)C)NC1=O. The second-order valence-electron chi connectivity index (χ2n) is 30.0. The molecular weight excluding hydrogens is 1510 g/mol. The number of primary amides is 1. The zero-order valence-corrected chi connectivity index (χ0v) is 66.5. The fourth-order valence-electron chi connectivity index (χ4n) is 13.2. The number of aromatic amines is 1. The Hall–Kier alpha value is -12.3. The monoisotopic (exact) mass is 1610 g/mol. The molecule has 0 bridgehead atoms. The van der Waals surface area contributed by atoms with Gasteiger partial charge in [-0.05, 0) is 106 Å². The van der Waals surface area contributed by atoms with E-state index in [2.05, 4.69) is 63.5 Å². The van der Waals surface area contributed by atoms with Gasteiger partial charge < -0.3 is 94.5 Å². The lowest BCUT2D eigenvalue weighted by Crippen LogP contribution is -2.61. The minimum absolute atomic E-state index is 0.0160. The minimum Gasteiger partial charge on any atom is -0.508 e. The number of aliphatic hydroxyl groups excluding tert-OH is 1. The van der Waals surface area contributed by atoms with Gasteiger partial charge in [0.2, 0.25) is 76.8 Å². The highest BCUT2D eigenvalue weighted by atomic mass is 32.2. The smallest absolute Gasteiger partial charge is 0.245 e. The van der Waals surface area contributed by atoms with Gasteiger partial charge in [-0.15, -0.1) is 11.8 Å². The fraction of sp³-hybridized carbons (Fsp3) is 0.393. The molecule has 7 aromatic rings. The molecule has 1 saturated heterocycles. The normalized spacial score (nSPS) is 22.5. The van der Waals surface area contributed by atoms with Crippen LogP contribution in [0.3, 0.4) is 0 Å². The van der Waals surface area contributed by atoms with Crippen LogP contribution in [0, 0.1) is 17.8 Å². The number of fused-ring (bicyclic) bond motifs is 1. The molecule has 32 heteroatoms. The quantitative estimate of drug-likeness (QED) is 0.0549. The van der Waals surface area contributed by atoms with Gasteiger partial charge in [0.15, 0.2) is 0 Å². The highest BCUT2D eigenvalue weighted by Crippen LogP contribution is 2.23. The van der Waals surface area contributed by atoms with Gasteiger partial charge in [-0.2, -0.15) is 0 Å². The van der Waals surface area contributed by atoms with Crippen LogP contribution in [0.4, 0.5) is 0 Å². The number of carbonyl (C=O) groups is 13. The highest BCUT2D eigenvalue weighted by Gasteiger charge is 2.39. The molecule has 1 aromatic heterocycles. The third-order valence-corrected chi connectivity index (χ3v) is 20.5. The average Bonchev–Trinajstić information content (AvgIpc) is 1.76. The third-order valence-electron chi connectivity index (χ3n) is 19.4. The molecule has 18 N–H and O–H groups in total. The molecule has 11 atom stereocenters. The molecule has 0 radical (unpaired) electrons. The Kier molecular flexibility index (Phi) is 33.3. The van der Waals surface area contributed by atoms with E-state index in [1.165, 1.54) is 79.8 Å². The van der Waals surface area contributed by atoms with Crippen molar-refractivity contribution in [2.45, 2.75) is 159 Å². The summed E-state index contributed by atoms with van der Waals surface area (Å²) in [7, 11) is 1.33. The molecule has 1 aliphatic rings. The largest absolute Gasteiger partial charge is 0.508 e. The van der Waals surface area contributed by atoms with Gasteiger partial charge in [0.1, 0.15) is 83.7 Å². The van der Waals surface area contributed by atoms with Crippen molar-refractivity contribution in [3.63, 3.8) is 0 Å². The molecule has 6 aromatic carbocycles. The molecule has 618 valence electrons. The fourth-order valence-corrected chi connectivity index (χ4v) is 14.0. The van der Waals surface area contributed by atoms with Crippen molar-refractivity contribution in [1.29, 1.82) is 0 Å². The van der Waals surface area contributed by atoms with Crippen molar-refractivity contribution in [1.82, 2.24) is 68.4 Å². The van der Waals surface area contributed by atoms with E-state index in [4.69, 9.17) is 5.73 Å². The van der Waals surface area contributed by atoms with Crippen molar-refractivity contribution in [3.8, 4) is 17.2 Å². The number of aromatic hydroxyl groups is 3. The lowest BCUT2D eigenvalue weighted by Gasteiger charge is -2.33. The first kappa shape index (κ1) is 89.2. The van der Waals surface area contributed by atoms with Crippen molar-refractivity contribution >= 4 is 99.5 Å². The predicted octanol–water partition coefficient (Wildman–Crippen LogP) is 1.80. The Morgan fingerprint density at radius 2 is 0.828 bits per heavy atom. The Morgan fingerprint density at radius 3 is 1.32 bits per heavy atom. The van der Waals surface area contributed by atoms with Crippen LogP contribution in [0.25, 0.3) is 10.9 Å². The first-order valence-corrected chi connectivity index (χ1v) is 39.5. The van der Waals surface area contributed by atoms with Gasteiger partial charge in [0.25, 0.3) is 0 Å². The van der Waals surface area contributed by atoms with Crippen molar-refractivity contribution in [2.75, 3.05) is 31.7 Å². The molecule has 1 aliphatic heterocycles. The van der Waals surface area contributed by atoms with E-state index < -0.39 is 168 Å². The summed E-state index contributed by atoms with van der Waals surface area (Å²) in [5, 5.41) is 71.6. The summed E-state index contributed by atoms with van der Waals surface area (Å²) in [5.74, 6) is -14.2. The van der Waals surface area contributed by atoms with E-state index in [0.717, 1.165) is 16.7 Å². The van der Waals surface area contributed by atoms with Crippen LogP contribution in [0.1, 0.15) is 87.8 Å². The zero-order chi connectivity index (χ0) is 84.3. The van der Waals surface area contributed by atoms with Crippen LogP contribution in [0.5, 0.6) is 17.2 Å². The van der Waals surface area contributed by atoms with E-state index in [0.29, 0.717) is 44.3 Å². The zero-order valence-electron chi connectivity index (χ0n) is 65.7. The summed E-state index contributed by atoms with van der Waals surface area (Å²) in [4.78, 5) is 195. The van der Waals surface area contributed by atoms with Gasteiger partial charge in [0, 0.05) is 68.4 Å². The molecule has 8 rings (SSSR count). The van der Waals surface area contributed by atoms with Gasteiger partial charge in [-0.3, -0.25) is 62.3 Å². The number of carbonyl (C=O) groups excluding carboxylic acids is 13. The lowest BCUT2D eigenvalue weighted by atomic mass is 9.98.